The molecule has 3 atom stereocenters. The summed E-state index contributed by atoms with van der Waals surface area (Å²) in [4.78, 5) is 34.2. The first-order valence-electron chi connectivity index (χ1n) is 14.5. The molecule has 0 amide bonds. The molecule has 0 aromatic rings. The minimum absolute atomic E-state index is 0.187. The Hall–Kier alpha value is -1.03. The van der Waals surface area contributed by atoms with Crippen molar-refractivity contribution >= 4 is 19.8 Å². The molecule has 1 unspecified atom stereocenters. The van der Waals surface area contributed by atoms with Crippen LogP contribution in [0.25, 0.3) is 0 Å². The zero-order valence-corrected chi connectivity index (χ0v) is 24.5. The molecule has 0 aliphatic rings. The molecule has 0 saturated carbocycles. The van der Waals surface area contributed by atoms with Gasteiger partial charge in [-0.2, -0.15) is 0 Å². The standard InChI is InChI=1S/C27H53O10P/c1-3-5-7-9-11-13-14-16-18-26(30)34-22-25(23-36-38(32,33)35-21-24(29)20-28)37-27(31)19-17-15-12-10-8-6-4-2/h24-25,28-29H,3-23H2,1-2H3,(H,32,33)/t24-,25+/m0/s1. The largest absolute Gasteiger partial charge is 0.472 e. The molecular weight excluding hydrogens is 515 g/mol. The van der Waals surface area contributed by atoms with Crippen LogP contribution in [0.1, 0.15) is 123 Å². The summed E-state index contributed by atoms with van der Waals surface area (Å²) in [5, 5.41) is 18.1. The summed E-state index contributed by atoms with van der Waals surface area (Å²) in [6.07, 6.45) is 14.1. The number of aliphatic hydroxyl groups is 2. The zero-order chi connectivity index (χ0) is 28.5. The first-order valence-corrected chi connectivity index (χ1v) is 16.0. The minimum Gasteiger partial charge on any atom is -0.462 e. The Morgan fingerprint density at radius 1 is 0.684 bits per heavy atom. The van der Waals surface area contributed by atoms with Gasteiger partial charge in [0.15, 0.2) is 6.10 Å². The first-order chi connectivity index (χ1) is 18.2. The molecule has 0 heterocycles. The second-order valence-corrected chi connectivity index (χ2v) is 11.2. The maximum Gasteiger partial charge on any atom is 0.472 e. The normalized spacial score (nSPS) is 14.6. The number of rotatable bonds is 27. The van der Waals surface area contributed by atoms with Gasteiger partial charge in [-0.25, -0.2) is 4.57 Å². The number of hydrogen-bond donors (Lipinski definition) is 3. The molecule has 226 valence electrons. The van der Waals surface area contributed by atoms with Crippen LogP contribution in [0.15, 0.2) is 0 Å². The summed E-state index contributed by atoms with van der Waals surface area (Å²) in [6.45, 7) is 2.24. The highest BCUT2D eigenvalue weighted by Crippen LogP contribution is 2.43. The van der Waals surface area contributed by atoms with Gasteiger partial charge in [0.25, 0.3) is 0 Å². The fraction of sp³-hybridized carbons (Fsp3) is 0.926. The predicted molar refractivity (Wildman–Crippen MR) is 145 cm³/mol. The van der Waals surface area contributed by atoms with Crippen molar-refractivity contribution in [1.29, 1.82) is 0 Å². The molecule has 3 N–H and O–H groups in total. The van der Waals surface area contributed by atoms with Gasteiger partial charge in [-0.15, -0.1) is 0 Å². The summed E-state index contributed by atoms with van der Waals surface area (Å²) in [5.74, 6) is -0.936. The van der Waals surface area contributed by atoms with Crippen LogP contribution in [0.4, 0.5) is 0 Å². The maximum atomic E-state index is 12.3. The summed E-state index contributed by atoms with van der Waals surface area (Å²) >= 11 is 0. The smallest absolute Gasteiger partial charge is 0.462 e. The lowest BCUT2D eigenvalue weighted by atomic mass is 10.1. The van der Waals surface area contributed by atoms with Crippen molar-refractivity contribution in [2.24, 2.45) is 0 Å². The first kappa shape index (κ1) is 37.0. The monoisotopic (exact) mass is 568 g/mol. The fourth-order valence-electron chi connectivity index (χ4n) is 3.70. The molecular formula is C27H53O10P. The van der Waals surface area contributed by atoms with Gasteiger partial charge < -0.3 is 24.6 Å². The van der Waals surface area contributed by atoms with E-state index in [0.717, 1.165) is 38.5 Å². The van der Waals surface area contributed by atoms with Crippen LogP contribution in [0.2, 0.25) is 0 Å². The lowest BCUT2D eigenvalue weighted by molar-refractivity contribution is -0.161. The van der Waals surface area contributed by atoms with Crippen molar-refractivity contribution in [3.63, 3.8) is 0 Å². The van der Waals surface area contributed by atoms with Gasteiger partial charge in [0.1, 0.15) is 12.7 Å². The van der Waals surface area contributed by atoms with E-state index in [0.29, 0.717) is 12.8 Å². The third-order valence-corrected chi connectivity index (χ3v) is 6.96. The lowest BCUT2D eigenvalue weighted by Gasteiger charge is -2.20. The van der Waals surface area contributed by atoms with E-state index in [9.17, 15) is 24.2 Å². The lowest BCUT2D eigenvalue weighted by Crippen LogP contribution is -2.29. The van der Waals surface area contributed by atoms with E-state index in [1.807, 2.05) is 0 Å². The zero-order valence-electron chi connectivity index (χ0n) is 23.7. The Bertz CT molecular complexity index is 631. The van der Waals surface area contributed by atoms with Gasteiger partial charge in [0.05, 0.1) is 19.8 Å². The van der Waals surface area contributed by atoms with E-state index >= 15 is 0 Å². The van der Waals surface area contributed by atoms with Crippen LogP contribution in [0.5, 0.6) is 0 Å². The van der Waals surface area contributed by atoms with Gasteiger partial charge in [0.2, 0.25) is 0 Å². The highest BCUT2D eigenvalue weighted by Gasteiger charge is 2.27. The number of hydrogen-bond acceptors (Lipinski definition) is 9. The molecule has 0 saturated heterocycles. The van der Waals surface area contributed by atoms with Gasteiger partial charge in [0, 0.05) is 12.8 Å². The van der Waals surface area contributed by atoms with Gasteiger partial charge in [-0.3, -0.25) is 18.6 Å². The summed E-state index contributed by atoms with van der Waals surface area (Å²) in [7, 11) is -4.58. The van der Waals surface area contributed by atoms with E-state index < -0.39 is 51.8 Å². The van der Waals surface area contributed by atoms with Crippen molar-refractivity contribution in [3.05, 3.63) is 0 Å². The summed E-state index contributed by atoms with van der Waals surface area (Å²) in [5.41, 5.74) is 0. The average Bonchev–Trinajstić information content (AvgIpc) is 2.89. The number of unbranched alkanes of at least 4 members (excludes halogenated alkanes) is 13. The second kappa shape index (κ2) is 25.0. The van der Waals surface area contributed by atoms with Crippen molar-refractivity contribution in [3.8, 4) is 0 Å². The van der Waals surface area contributed by atoms with Gasteiger partial charge in [-0.05, 0) is 12.8 Å². The van der Waals surface area contributed by atoms with E-state index in [1.165, 1.54) is 44.9 Å². The topological polar surface area (TPSA) is 149 Å². The van der Waals surface area contributed by atoms with E-state index in [4.69, 9.17) is 19.1 Å². The quantitative estimate of drug-likeness (QED) is 0.0649. The molecule has 0 aromatic carbocycles. The van der Waals surface area contributed by atoms with E-state index in [1.54, 1.807) is 0 Å². The molecule has 0 aliphatic carbocycles. The van der Waals surface area contributed by atoms with Crippen molar-refractivity contribution < 1.29 is 47.8 Å². The SMILES string of the molecule is CCCCCCCCCCC(=O)OC[C@H](COP(=O)(O)OC[C@@H](O)CO)OC(=O)CCCCCCCCC. The summed E-state index contributed by atoms with van der Waals surface area (Å²) in [6, 6.07) is 0. The number of carbonyl (C=O) groups is 2. The molecule has 11 heteroatoms. The Labute approximate surface area is 229 Å². The van der Waals surface area contributed by atoms with Crippen molar-refractivity contribution in [2.45, 2.75) is 135 Å². The number of phosphoric acid groups is 1. The molecule has 0 aromatic heterocycles. The Morgan fingerprint density at radius 2 is 1.13 bits per heavy atom. The molecule has 0 spiro atoms. The van der Waals surface area contributed by atoms with Crippen LogP contribution in [0.3, 0.4) is 0 Å². The Kier molecular flexibility index (Phi) is 24.3. The van der Waals surface area contributed by atoms with Crippen LogP contribution in [-0.4, -0.2) is 65.7 Å². The third kappa shape index (κ3) is 24.0. The van der Waals surface area contributed by atoms with Crippen LogP contribution in [0, 0.1) is 0 Å². The van der Waals surface area contributed by atoms with Crippen LogP contribution >= 0.6 is 7.82 Å². The second-order valence-electron chi connectivity index (χ2n) is 9.79. The highest BCUT2D eigenvalue weighted by molar-refractivity contribution is 7.47. The number of esters is 2. The van der Waals surface area contributed by atoms with E-state index in [2.05, 4.69) is 18.4 Å². The number of phosphoric ester groups is 1. The summed E-state index contributed by atoms with van der Waals surface area (Å²) < 4.78 is 32.1. The van der Waals surface area contributed by atoms with Crippen molar-refractivity contribution in [2.75, 3.05) is 26.4 Å². The molecule has 0 rings (SSSR count). The molecule has 0 bridgehead atoms. The van der Waals surface area contributed by atoms with Gasteiger partial charge in [-0.1, -0.05) is 97.3 Å². The van der Waals surface area contributed by atoms with Crippen LogP contribution in [-0.2, 0) is 32.7 Å². The number of aliphatic hydroxyl groups excluding tert-OH is 2. The molecule has 10 nitrogen and oxygen atoms in total. The fourth-order valence-corrected chi connectivity index (χ4v) is 4.49. The third-order valence-electron chi connectivity index (χ3n) is 6.01. The number of carbonyl (C=O) groups excluding carboxylic acids is 2. The molecule has 0 aliphatic heterocycles. The van der Waals surface area contributed by atoms with Crippen LogP contribution < -0.4 is 0 Å². The molecule has 38 heavy (non-hydrogen) atoms. The molecule has 0 fully saturated rings. The minimum atomic E-state index is -4.58. The Morgan fingerprint density at radius 3 is 1.63 bits per heavy atom. The highest BCUT2D eigenvalue weighted by atomic mass is 31.2. The average molecular weight is 569 g/mol. The Balaban J connectivity index is 4.51. The maximum absolute atomic E-state index is 12.3. The van der Waals surface area contributed by atoms with E-state index in [-0.39, 0.29) is 19.4 Å². The van der Waals surface area contributed by atoms with Crippen molar-refractivity contribution in [1.82, 2.24) is 0 Å². The number of ether oxygens (including phenoxy) is 2. The predicted octanol–water partition coefficient (Wildman–Crippen LogP) is 5.60. The molecule has 0 radical (unpaired) electrons. The van der Waals surface area contributed by atoms with Gasteiger partial charge >= 0.3 is 19.8 Å².